The molecule has 0 fully saturated rings. The summed E-state index contributed by atoms with van der Waals surface area (Å²) >= 11 is 0. The van der Waals surface area contributed by atoms with E-state index >= 15 is 0 Å². The van der Waals surface area contributed by atoms with Gasteiger partial charge in [0.1, 0.15) is 5.75 Å². The summed E-state index contributed by atoms with van der Waals surface area (Å²) in [5.74, 6) is 1.57. The first-order valence-electron chi connectivity index (χ1n) is 5.72. The standard InChI is InChI=1S/C14H12BO2.Rh/c1-15-14-8-7-13(9-11(14)10-16-15)17-12-5-3-2-4-6-12;/h2-8H,10H2,1H3;/q-1;. The predicted octanol–water partition coefficient (Wildman–Crippen LogP) is 2.64. The number of fused-ring (bicyclic) bond motifs is 1. The van der Waals surface area contributed by atoms with Crippen molar-refractivity contribution in [3.05, 3.63) is 54.1 Å². The second kappa shape index (κ2) is 5.69. The minimum Gasteiger partial charge on any atom is -0.483 e. The molecule has 0 aliphatic carbocycles. The van der Waals surface area contributed by atoms with E-state index in [4.69, 9.17) is 9.39 Å². The van der Waals surface area contributed by atoms with Crippen molar-refractivity contribution in [1.82, 2.24) is 0 Å². The summed E-state index contributed by atoms with van der Waals surface area (Å²) in [6.07, 6.45) is 0. The Hall–Kier alpha value is -1.11. The Morgan fingerprint density at radius 3 is 2.72 bits per heavy atom. The summed E-state index contributed by atoms with van der Waals surface area (Å²) in [5, 5.41) is 0. The van der Waals surface area contributed by atoms with Crippen molar-refractivity contribution in [3.8, 4) is 11.5 Å². The van der Waals surface area contributed by atoms with Gasteiger partial charge in [-0.25, -0.2) is 0 Å². The van der Waals surface area contributed by atoms with Crippen LogP contribution in [0.2, 0.25) is 6.82 Å². The van der Waals surface area contributed by atoms with Crippen LogP contribution in [0.1, 0.15) is 5.56 Å². The first-order valence-corrected chi connectivity index (χ1v) is 5.72. The smallest absolute Gasteiger partial charge is 0.255 e. The molecule has 4 heteroatoms. The molecule has 0 saturated heterocycles. The number of rotatable bonds is 2. The summed E-state index contributed by atoms with van der Waals surface area (Å²) in [5.41, 5.74) is 2.32. The third-order valence-electron chi connectivity index (χ3n) is 2.92. The monoisotopic (exact) mass is 326 g/mol. The van der Waals surface area contributed by atoms with Crippen molar-refractivity contribution in [2.45, 2.75) is 13.4 Å². The molecule has 2 aromatic rings. The third-order valence-corrected chi connectivity index (χ3v) is 2.92. The van der Waals surface area contributed by atoms with E-state index in [1.54, 1.807) is 0 Å². The van der Waals surface area contributed by atoms with Gasteiger partial charge in [0.2, 0.25) is 0 Å². The van der Waals surface area contributed by atoms with Crippen molar-refractivity contribution in [2.75, 3.05) is 0 Å². The van der Waals surface area contributed by atoms with Crippen molar-refractivity contribution in [1.29, 1.82) is 0 Å². The van der Waals surface area contributed by atoms with Crippen LogP contribution >= 0.6 is 0 Å². The van der Waals surface area contributed by atoms with E-state index in [2.05, 4.69) is 19.0 Å². The first kappa shape index (κ1) is 13.3. The number of hydrogen-bond acceptors (Lipinski definition) is 2. The van der Waals surface area contributed by atoms with Gasteiger partial charge in [-0.3, -0.25) is 0 Å². The average molecular weight is 326 g/mol. The topological polar surface area (TPSA) is 18.5 Å². The molecular weight excluding hydrogens is 314 g/mol. The average Bonchev–Trinajstić information content (AvgIpc) is 2.72. The fourth-order valence-electron chi connectivity index (χ4n) is 2.00. The summed E-state index contributed by atoms with van der Waals surface area (Å²) in [7, 11) is 0. The maximum absolute atomic E-state index is 5.73. The molecular formula is C14H12BO2Rh-. The molecule has 1 aliphatic heterocycles. The fraction of sp³-hybridized carbons (Fsp3) is 0.143. The van der Waals surface area contributed by atoms with Crippen LogP contribution in [0.3, 0.4) is 0 Å². The molecule has 0 atom stereocenters. The molecule has 0 unspecified atom stereocenters. The Bertz CT molecular complexity index is 531. The van der Waals surface area contributed by atoms with Crippen LogP contribution in [-0.4, -0.2) is 6.92 Å². The molecule has 18 heavy (non-hydrogen) atoms. The van der Waals surface area contributed by atoms with E-state index in [-0.39, 0.29) is 26.4 Å². The van der Waals surface area contributed by atoms with Gasteiger partial charge in [0.05, 0.1) is 0 Å². The Morgan fingerprint density at radius 2 is 1.94 bits per heavy atom. The van der Waals surface area contributed by atoms with Crippen molar-refractivity contribution in [2.24, 2.45) is 0 Å². The van der Waals surface area contributed by atoms with Gasteiger partial charge in [0.25, 0.3) is 6.92 Å². The molecule has 2 nitrogen and oxygen atoms in total. The zero-order valence-corrected chi connectivity index (χ0v) is 11.6. The summed E-state index contributed by atoms with van der Waals surface area (Å²) in [4.78, 5) is 0. The van der Waals surface area contributed by atoms with Gasteiger partial charge >= 0.3 is 0 Å². The van der Waals surface area contributed by atoms with Gasteiger partial charge in [-0.15, -0.1) is 23.2 Å². The van der Waals surface area contributed by atoms with Crippen LogP contribution < -0.4 is 10.2 Å². The van der Waals surface area contributed by atoms with Gasteiger partial charge in [-0.2, -0.15) is 6.07 Å². The van der Waals surface area contributed by atoms with E-state index < -0.39 is 0 Å². The molecule has 1 radical (unpaired) electrons. The Balaban J connectivity index is 0.00000120. The van der Waals surface area contributed by atoms with Crippen LogP contribution in [0.15, 0.2) is 42.5 Å². The minimum atomic E-state index is 0. The number of benzene rings is 2. The second-order valence-corrected chi connectivity index (χ2v) is 4.12. The minimum absolute atomic E-state index is 0. The Morgan fingerprint density at radius 1 is 1.17 bits per heavy atom. The molecule has 1 aliphatic rings. The normalized spacial score (nSPS) is 12.8. The predicted molar refractivity (Wildman–Crippen MR) is 67.8 cm³/mol. The van der Waals surface area contributed by atoms with Crippen molar-refractivity contribution in [3.63, 3.8) is 0 Å². The van der Waals surface area contributed by atoms with E-state index in [1.165, 1.54) is 5.46 Å². The summed E-state index contributed by atoms with van der Waals surface area (Å²) in [6.45, 7) is 2.85. The molecule has 0 aromatic heterocycles. The Labute approximate surface area is 120 Å². The van der Waals surface area contributed by atoms with E-state index in [1.807, 2.05) is 36.4 Å². The van der Waals surface area contributed by atoms with Crippen LogP contribution in [0, 0.1) is 6.07 Å². The molecule has 1 heterocycles. The molecule has 93 valence electrons. The molecule has 0 amide bonds. The summed E-state index contributed by atoms with van der Waals surface area (Å²) < 4.78 is 11.3. The molecule has 0 bridgehead atoms. The summed E-state index contributed by atoms with van der Waals surface area (Å²) in [6, 6.07) is 17.0. The van der Waals surface area contributed by atoms with Crippen molar-refractivity contribution < 1.29 is 28.9 Å². The molecule has 0 saturated carbocycles. The maximum Gasteiger partial charge on any atom is 0.255 e. The van der Waals surface area contributed by atoms with Gasteiger partial charge in [0, 0.05) is 31.8 Å². The third kappa shape index (κ3) is 2.65. The largest absolute Gasteiger partial charge is 0.483 e. The van der Waals surface area contributed by atoms with Gasteiger partial charge in [-0.05, 0) is 12.1 Å². The second-order valence-electron chi connectivity index (χ2n) is 4.12. The van der Waals surface area contributed by atoms with Gasteiger partial charge in [0.15, 0.2) is 0 Å². The molecule has 0 spiro atoms. The number of ether oxygens (including phenoxy) is 1. The fourth-order valence-corrected chi connectivity index (χ4v) is 2.00. The number of hydrogen-bond donors (Lipinski definition) is 0. The molecule has 2 aromatic carbocycles. The van der Waals surface area contributed by atoms with Crippen LogP contribution in [-0.2, 0) is 30.7 Å². The van der Waals surface area contributed by atoms with Crippen LogP contribution in [0.25, 0.3) is 0 Å². The van der Waals surface area contributed by atoms with Gasteiger partial charge < -0.3 is 9.39 Å². The SMILES string of the molecule is CB1OCc2[c-]c(Oc3ccccc3)ccc21.[Rh]. The quantitative estimate of drug-likeness (QED) is 0.624. The zero-order valence-electron chi connectivity index (χ0n) is 9.98. The van der Waals surface area contributed by atoms with E-state index in [9.17, 15) is 0 Å². The number of para-hydroxylation sites is 1. The molecule has 3 rings (SSSR count). The van der Waals surface area contributed by atoms with E-state index in [0.717, 1.165) is 17.1 Å². The van der Waals surface area contributed by atoms with E-state index in [0.29, 0.717) is 6.61 Å². The first-order chi connectivity index (χ1) is 8.33. The van der Waals surface area contributed by atoms with Crippen LogP contribution in [0.5, 0.6) is 11.5 Å². The van der Waals surface area contributed by atoms with Gasteiger partial charge in [-0.1, -0.05) is 25.0 Å². The van der Waals surface area contributed by atoms with Crippen LogP contribution in [0.4, 0.5) is 0 Å². The maximum atomic E-state index is 5.73. The van der Waals surface area contributed by atoms with Crippen molar-refractivity contribution >= 4 is 12.4 Å². The molecule has 0 N–H and O–H groups in total. The Kier molecular flexibility index (Phi) is 4.21. The zero-order chi connectivity index (χ0) is 11.7.